The molecule has 1 aliphatic rings. The summed E-state index contributed by atoms with van der Waals surface area (Å²) in [4.78, 5) is 4.06. The molecule has 1 fully saturated rings. The van der Waals surface area contributed by atoms with Crippen molar-refractivity contribution in [1.29, 1.82) is 5.26 Å². The average Bonchev–Trinajstić information content (AvgIpc) is 3.08. The fourth-order valence-corrected chi connectivity index (χ4v) is 2.41. The molecule has 2 aromatic rings. The van der Waals surface area contributed by atoms with Gasteiger partial charge in [-0.05, 0) is 18.6 Å². The van der Waals surface area contributed by atoms with Crippen molar-refractivity contribution in [3.05, 3.63) is 42.0 Å². The topological polar surface area (TPSA) is 75.8 Å². The van der Waals surface area contributed by atoms with Gasteiger partial charge in [0.25, 0.3) is 0 Å². The van der Waals surface area contributed by atoms with Crippen LogP contribution in [0.15, 0.2) is 30.7 Å². The molecular weight excluding hydrogens is 254 g/mol. The number of aryl methyl sites for hydroxylation is 1. The summed E-state index contributed by atoms with van der Waals surface area (Å²) in [5, 5.41) is 16.3. The number of rotatable bonds is 3. The van der Waals surface area contributed by atoms with Crippen molar-refractivity contribution >= 4 is 5.69 Å². The second-order valence-electron chi connectivity index (χ2n) is 4.82. The molecule has 0 aliphatic carbocycles. The normalized spacial score (nSPS) is 21.6. The maximum atomic E-state index is 8.74. The van der Waals surface area contributed by atoms with E-state index < -0.39 is 0 Å². The van der Waals surface area contributed by atoms with Crippen molar-refractivity contribution in [3.8, 4) is 6.07 Å². The minimum Gasteiger partial charge on any atom is -0.378 e. The molecule has 3 rings (SSSR count). The van der Waals surface area contributed by atoms with Crippen LogP contribution in [0.5, 0.6) is 0 Å². The van der Waals surface area contributed by atoms with Crippen LogP contribution in [0, 0.1) is 11.3 Å². The molecule has 0 spiro atoms. The zero-order valence-corrected chi connectivity index (χ0v) is 11.2. The van der Waals surface area contributed by atoms with Gasteiger partial charge in [-0.25, -0.2) is 4.98 Å². The van der Waals surface area contributed by atoms with E-state index in [2.05, 4.69) is 15.4 Å². The van der Waals surface area contributed by atoms with Crippen LogP contribution in [0.1, 0.15) is 23.8 Å². The molecule has 0 unspecified atom stereocenters. The lowest BCUT2D eigenvalue weighted by Crippen LogP contribution is -2.23. The number of hydrogen-bond acceptors (Lipinski definition) is 5. The van der Waals surface area contributed by atoms with E-state index in [1.54, 1.807) is 16.9 Å². The first kappa shape index (κ1) is 12.6. The lowest BCUT2D eigenvalue weighted by Gasteiger charge is -2.19. The summed E-state index contributed by atoms with van der Waals surface area (Å²) in [7, 11) is 1.89. The fraction of sp³-hybridized carbons (Fsp3) is 0.357. The lowest BCUT2D eigenvalue weighted by molar-refractivity contribution is 0.107. The van der Waals surface area contributed by atoms with E-state index in [1.165, 1.54) is 0 Å². The maximum Gasteiger partial charge on any atom is 0.140 e. The second-order valence-corrected chi connectivity index (χ2v) is 4.82. The van der Waals surface area contributed by atoms with Gasteiger partial charge in [-0.2, -0.15) is 10.4 Å². The first-order valence-electron chi connectivity index (χ1n) is 6.49. The van der Waals surface area contributed by atoms with E-state index >= 15 is 0 Å². The predicted octanol–water partition coefficient (Wildman–Crippen LogP) is 1.63. The Morgan fingerprint density at radius 2 is 2.35 bits per heavy atom. The highest BCUT2D eigenvalue weighted by Crippen LogP contribution is 2.31. The number of pyridine rings is 1. The molecule has 6 heteroatoms. The van der Waals surface area contributed by atoms with Gasteiger partial charge in [0.15, 0.2) is 0 Å². The quantitative estimate of drug-likeness (QED) is 0.916. The fourth-order valence-electron chi connectivity index (χ4n) is 2.41. The van der Waals surface area contributed by atoms with Gasteiger partial charge >= 0.3 is 0 Å². The van der Waals surface area contributed by atoms with Gasteiger partial charge < -0.3 is 10.1 Å². The van der Waals surface area contributed by atoms with Crippen molar-refractivity contribution in [1.82, 2.24) is 14.8 Å². The van der Waals surface area contributed by atoms with Crippen LogP contribution in [-0.2, 0) is 11.8 Å². The molecule has 2 atom stereocenters. The van der Waals surface area contributed by atoms with E-state index in [1.807, 2.05) is 31.6 Å². The van der Waals surface area contributed by atoms with Gasteiger partial charge in [0, 0.05) is 25.4 Å². The summed E-state index contributed by atoms with van der Waals surface area (Å²) in [6.07, 6.45) is 6.42. The van der Waals surface area contributed by atoms with E-state index in [0.29, 0.717) is 5.69 Å². The Labute approximate surface area is 117 Å². The Morgan fingerprint density at radius 3 is 3.00 bits per heavy atom. The number of anilines is 1. The van der Waals surface area contributed by atoms with Crippen molar-refractivity contribution < 1.29 is 4.74 Å². The molecule has 3 heterocycles. The highest BCUT2D eigenvalue weighted by Gasteiger charge is 2.30. The first-order chi connectivity index (χ1) is 9.76. The van der Waals surface area contributed by atoms with Crippen LogP contribution < -0.4 is 5.32 Å². The van der Waals surface area contributed by atoms with Crippen molar-refractivity contribution in [2.45, 2.75) is 18.6 Å². The Morgan fingerprint density at radius 1 is 1.45 bits per heavy atom. The summed E-state index contributed by atoms with van der Waals surface area (Å²) < 4.78 is 7.57. The number of ether oxygens (including phenoxy) is 1. The summed E-state index contributed by atoms with van der Waals surface area (Å²) >= 11 is 0. The van der Waals surface area contributed by atoms with Crippen LogP contribution in [0.4, 0.5) is 5.69 Å². The molecule has 1 saturated heterocycles. The zero-order chi connectivity index (χ0) is 13.9. The first-order valence-corrected chi connectivity index (χ1v) is 6.49. The molecule has 0 radical (unpaired) electrons. The molecule has 20 heavy (non-hydrogen) atoms. The van der Waals surface area contributed by atoms with Gasteiger partial charge in [0.1, 0.15) is 17.9 Å². The summed E-state index contributed by atoms with van der Waals surface area (Å²) in [6.45, 7) is 0.723. The number of aromatic nitrogens is 3. The molecule has 6 nitrogen and oxygen atoms in total. The second kappa shape index (κ2) is 5.31. The third kappa shape index (κ3) is 2.49. The number of nitriles is 1. The van der Waals surface area contributed by atoms with Crippen molar-refractivity contribution in [2.24, 2.45) is 7.05 Å². The van der Waals surface area contributed by atoms with Gasteiger partial charge in [-0.15, -0.1) is 0 Å². The Balaban J connectivity index is 1.74. The van der Waals surface area contributed by atoms with Crippen molar-refractivity contribution in [2.75, 3.05) is 11.9 Å². The molecule has 0 aromatic carbocycles. The van der Waals surface area contributed by atoms with Gasteiger partial charge in [0.05, 0.1) is 24.1 Å². The lowest BCUT2D eigenvalue weighted by atomic mass is 10.1. The molecule has 0 amide bonds. The molecule has 1 aliphatic heterocycles. The third-order valence-electron chi connectivity index (χ3n) is 3.38. The standard InChI is InChI=1S/C14H15N5O/c1-19-9-10(7-17-19)14-13(4-5-20-14)18-12-3-2-11(6-15)16-8-12/h2-3,7-9,13-14,18H,4-5H2,1H3/t13-,14+/m0/s1. The largest absolute Gasteiger partial charge is 0.378 e. The van der Waals surface area contributed by atoms with Crippen LogP contribution in [0.25, 0.3) is 0 Å². The highest BCUT2D eigenvalue weighted by atomic mass is 16.5. The van der Waals surface area contributed by atoms with Gasteiger partial charge in [-0.1, -0.05) is 0 Å². The highest BCUT2D eigenvalue weighted by molar-refractivity contribution is 5.44. The maximum absolute atomic E-state index is 8.74. The van der Waals surface area contributed by atoms with E-state index in [-0.39, 0.29) is 12.1 Å². The zero-order valence-electron chi connectivity index (χ0n) is 11.2. The number of nitrogens with one attached hydrogen (secondary N) is 1. The summed E-state index contributed by atoms with van der Waals surface area (Å²) in [6, 6.07) is 5.77. The Bertz CT molecular complexity index is 628. The van der Waals surface area contributed by atoms with E-state index in [0.717, 1.165) is 24.3 Å². The summed E-state index contributed by atoms with van der Waals surface area (Å²) in [5.74, 6) is 0. The predicted molar refractivity (Wildman–Crippen MR) is 72.9 cm³/mol. The number of nitrogens with zero attached hydrogens (tertiary/aromatic N) is 4. The van der Waals surface area contributed by atoms with E-state index in [4.69, 9.17) is 10.00 Å². The molecule has 2 aromatic heterocycles. The minimum atomic E-state index is -0.000608. The van der Waals surface area contributed by atoms with Gasteiger partial charge in [0.2, 0.25) is 0 Å². The Kier molecular flexibility index (Phi) is 3.35. The SMILES string of the molecule is Cn1cc([C@H]2OCC[C@@H]2Nc2ccc(C#N)nc2)cn1. The molecule has 1 N–H and O–H groups in total. The third-order valence-corrected chi connectivity index (χ3v) is 3.38. The molecule has 0 bridgehead atoms. The molecule has 0 saturated carbocycles. The van der Waals surface area contributed by atoms with Crippen LogP contribution in [-0.4, -0.2) is 27.4 Å². The van der Waals surface area contributed by atoms with Crippen LogP contribution in [0.2, 0.25) is 0 Å². The van der Waals surface area contributed by atoms with Crippen LogP contribution >= 0.6 is 0 Å². The van der Waals surface area contributed by atoms with E-state index in [9.17, 15) is 0 Å². The monoisotopic (exact) mass is 269 g/mol. The van der Waals surface area contributed by atoms with Crippen molar-refractivity contribution in [3.63, 3.8) is 0 Å². The minimum absolute atomic E-state index is 0.000608. The average molecular weight is 269 g/mol. The smallest absolute Gasteiger partial charge is 0.140 e. The Hall–Kier alpha value is -2.39. The van der Waals surface area contributed by atoms with Gasteiger partial charge in [-0.3, -0.25) is 4.68 Å². The summed E-state index contributed by atoms with van der Waals surface area (Å²) in [5.41, 5.74) is 2.39. The molecular formula is C14H15N5O. The molecule has 102 valence electrons. The number of hydrogen-bond donors (Lipinski definition) is 1. The van der Waals surface area contributed by atoms with Crippen LogP contribution in [0.3, 0.4) is 0 Å².